The van der Waals surface area contributed by atoms with Crippen LogP contribution in [0.5, 0.6) is 5.75 Å². The van der Waals surface area contributed by atoms with E-state index >= 15 is 0 Å². The first kappa shape index (κ1) is 14.6. The van der Waals surface area contributed by atoms with E-state index in [0.29, 0.717) is 11.4 Å². The Kier molecular flexibility index (Phi) is 5.56. The van der Waals surface area contributed by atoms with E-state index in [1.165, 1.54) is 18.2 Å². The van der Waals surface area contributed by atoms with E-state index in [-0.39, 0.29) is 16.5 Å². The highest BCUT2D eigenvalue weighted by Gasteiger charge is 2.14. The molecule has 1 aromatic rings. The van der Waals surface area contributed by atoms with E-state index in [2.05, 4.69) is 0 Å². The summed E-state index contributed by atoms with van der Waals surface area (Å²) in [5.74, 6) is 0.118. The average molecular weight is 297 g/mol. The largest absolute Gasteiger partial charge is 0.381 e. The fourth-order valence-corrected chi connectivity index (χ4v) is 2.80. The van der Waals surface area contributed by atoms with Crippen molar-refractivity contribution in [3.05, 3.63) is 28.2 Å². The molecule has 3 nitrogen and oxygen atoms in total. The molecule has 6 heteroatoms. The predicted octanol–water partition coefficient (Wildman–Crippen LogP) is 3.89. The number of unbranched alkanes of at least 4 members (excludes halogenated alkanes) is 2. The van der Waals surface area contributed by atoms with E-state index in [0.717, 1.165) is 12.8 Å². The first-order valence-corrected chi connectivity index (χ1v) is 7.65. The summed E-state index contributed by atoms with van der Waals surface area (Å²) in [6.45, 7) is 2.00. The topological polar surface area (TPSA) is 43.4 Å². The van der Waals surface area contributed by atoms with Crippen LogP contribution in [0.1, 0.15) is 26.2 Å². The highest BCUT2D eigenvalue weighted by molar-refractivity contribution is 7.87. The lowest BCUT2D eigenvalue weighted by molar-refractivity contribution is 0.483. The molecule has 0 bridgehead atoms. The highest BCUT2D eigenvalue weighted by Crippen LogP contribution is 2.28. The van der Waals surface area contributed by atoms with Crippen LogP contribution in [0.25, 0.3) is 0 Å². The molecule has 0 unspecified atom stereocenters. The van der Waals surface area contributed by atoms with E-state index in [9.17, 15) is 8.42 Å². The third-order valence-electron chi connectivity index (χ3n) is 2.11. The van der Waals surface area contributed by atoms with E-state index in [1.54, 1.807) is 0 Å². The van der Waals surface area contributed by atoms with Crippen molar-refractivity contribution in [2.75, 3.05) is 5.75 Å². The number of hydrogen-bond acceptors (Lipinski definition) is 3. The van der Waals surface area contributed by atoms with Crippen molar-refractivity contribution in [2.45, 2.75) is 26.2 Å². The van der Waals surface area contributed by atoms with Gasteiger partial charge in [-0.2, -0.15) is 8.42 Å². The fraction of sp³-hybridized carbons (Fsp3) is 0.455. The summed E-state index contributed by atoms with van der Waals surface area (Å²) in [6, 6.07) is 4.42. The Morgan fingerprint density at radius 1 is 1.24 bits per heavy atom. The lowest BCUT2D eigenvalue weighted by atomic mass is 10.3. The van der Waals surface area contributed by atoms with Gasteiger partial charge in [-0.05, 0) is 24.6 Å². The third kappa shape index (κ3) is 5.15. The number of halogens is 2. The van der Waals surface area contributed by atoms with Crippen LogP contribution in [0.4, 0.5) is 0 Å². The number of benzene rings is 1. The molecule has 0 amide bonds. The molecule has 17 heavy (non-hydrogen) atoms. The van der Waals surface area contributed by atoms with Gasteiger partial charge in [0, 0.05) is 5.02 Å². The minimum atomic E-state index is -3.57. The van der Waals surface area contributed by atoms with Gasteiger partial charge in [0.05, 0.1) is 10.8 Å². The van der Waals surface area contributed by atoms with E-state index < -0.39 is 10.1 Å². The molecule has 0 heterocycles. The number of hydrogen-bond donors (Lipinski definition) is 0. The van der Waals surface area contributed by atoms with Crippen LogP contribution >= 0.6 is 23.2 Å². The molecule has 0 saturated carbocycles. The van der Waals surface area contributed by atoms with Crippen molar-refractivity contribution < 1.29 is 12.6 Å². The van der Waals surface area contributed by atoms with Crippen molar-refractivity contribution in [1.29, 1.82) is 0 Å². The van der Waals surface area contributed by atoms with Crippen LogP contribution in [-0.4, -0.2) is 14.2 Å². The molecule has 0 spiro atoms. The molecule has 0 aliphatic heterocycles. The Bertz CT molecular complexity index is 472. The number of rotatable bonds is 6. The second kappa shape index (κ2) is 6.47. The van der Waals surface area contributed by atoms with Crippen LogP contribution in [0.3, 0.4) is 0 Å². The molecule has 0 atom stereocenters. The van der Waals surface area contributed by atoms with E-state index in [4.69, 9.17) is 27.4 Å². The molecule has 1 rings (SSSR count). The first-order chi connectivity index (χ1) is 7.94. The van der Waals surface area contributed by atoms with Gasteiger partial charge in [0.2, 0.25) is 0 Å². The highest BCUT2D eigenvalue weighted by atomic mass is 35.5. The summed E-state index contributed by atoms with van der Waals surface area (Å²) in [7, 11) is -3.57. The molecule has 0 saturated heterocycles. The van der Waals surface area contributed by atoms with Gasteiger partial charge in [-0.1, -0.05) is 43.0 Å². The summed E-state index contributed by atoms with van der Waals surface area (Å²) in [4.78, 5) is 0. The Morgan fingerprint density at radius 3 is 2.53 bits per heavy atom. The van der Waals surface area contributed by atoms with Crippen molar-refractivity contribution in [3.63, 3.8) is 0 Å². The van der Waals surface area contributed by atoms with Crippen molar-refractivity contribution in [1.82, 2.24) is 0 Å². The fourth-order valence-electron chi connectivity index (χ4n) is 1.25. The van der Waals surface area contributed by atoms with Crippen molar-refractivity contribution in [3.8, 4) is 5.75 Å². The minimum Gasteiger partial charge on any atom is -0.381 e. The zero-order valence-corrected chi connectivity index (χ0v) is 11.8. The van der Waals surface area contributed by atoms with Crippen LogP contribution in [0.2, 0.25) is 10.0 Å². The van der Waals surface area contributed by atoms with Gasteiger partial charge in [0.15, 0.2) is 5.75 Å². The lowest BCUT2D eigenvalue weighted by Gasteiger charge is -2.08. The second-order valence-corrected chi connectivity index (χ2v) is 6.16. The predicted molar refractivity (Wildman–Crippen MR) is 70.4 cm³/mol. The second-order valence-electron chi connectivity index (χ2n) is 3.63. The maximum absolute atomic E-state index is 11.6. The molecule has 0 fully saturated rings. The van der Waals surface area contributed by atoms with Crippen molar-refractivity contribution in [2.24, 2.45) is 0 Å². The van der Waals surface area contributed by atoms with Gasteiger partial charge in [-0.15, -0.1) is 0 Å². The van der Waals surface area contributed by atoms with Gasteiger partial charge >= 0.3 is 10.1 Å². The minimum absolute atomic E-state index is 0.000203. The zero-order valence-electron chi connectivity index (χ0n) is 9.45. The van der Waals surface area contributed by atoms with Crippen LogP contribution in [-0.2, 0) is 10.1 Å². The Balaban J connectivity index is 2.69. The SMILES string of the molecule is CCCCCS(=O)(=O)Oc1ccc(Cl)cc1Cl. The summed E-state index contributed by atoms with van der Waals surface area (Å²) in [6.07, 6.45) is 2.40. The molecule has 0 aliphatic rings. The molecule has 0 aromatic heterocycles. The smallest absolute Gasteiger partial charge is 0.309 e. The van der Waals surface area contributed by atoms with Gasteiger partial charge < -0.3 is 4.18 Å². The summed E-state index contributed by atoms with van der Waals surface area (Å²) < 4.78 is 28.1. The van der Waals surface area contributed by atoms with Crippen LogP contribution < -0.4 is 4.18 Å². The lowest BCUT2D eigenvalue weighted by Crippen LogP contribution is -2.14. The molecule has 1 aromatic carbocycles. The molecular formula is C11H14Cl2O3S. The first-order valence-electron chi connectivity index (χ1n) is 5.32. The van der Waals surface area contributed by atoms with Gasteiger partial charge in [0.1, 0.15) is 0 Å². The summed E-state index contributed by atoms with van der Waals surface area (Å²) in [5.41, 5.74) is 0. The monoisotopic (exact) mass is 296 g/mol. The van der Waals surface area contributed by atoms with Gasteiger partial charge in [0.25, 0.3) is 0 Å². The normalized spacial score (nSPS) is 11.5. The van der Waals surface area contributed by atoms with Gasteiger partial charge in [-0.25, -0.2) is 0 Å². The maximum atomic E-state index is 11.6. The molecule has 0 N–H and O–H groups in total. The Morgan fingerprint density at radius 2 is 1.94 bits per heavy atom. The maximum Gasteiger partial charge on any atom is 0.309 e. The van der Waals surface area contributed by atoms with Crippen LogP contribution in [0.15, 0.2) is 18.2 Å². The van der Waals surface area contributed by atoms with E-state index in [1.807, 2.05) is 6.92 Å². The van der Waals surface area contributed by atoms with Gasteiger partial charge in [-0.3, -0.25) is 0 Å². The van der Waals surface area contributed by atoms with Crippen molar-refractivity contribution >= 4 is 33.3 Å². The standard InChI is InChI=1S/C11H14Cl2O3S/c1-2-3-4-7-17(14,15)16-11-6-5-9(12)8-10(11)13/h5-6,8H,2-4,7H2,1H3. The quantitative estimate of drug-likeness (QED) is 0.591. The summed E-state index contributed by atoms with van der Waals surface area (Å²) >= 11 is 11.5. The Labute approximate surface area is 112 Å². The molecule has 0 aliphatic carbocycles. The van der Waals surface area contributed by atoms with Crippen LogP contribution in [0, 0.1) is 0 Å². The zero-order chi connectivity index (χ0) is 12.9. The average Bonchev–Trinajstić information content (AvgIpc) is 2.22. The Hall–Kier alpha value is -0.450. The molecule has 0 radical (unpaired) electrons. The third-order valence-corrected chi connectivity index (χ3v) is 3.86. The molecular weight excluding hydrogens is 283 g/mol. The summed E-state index contributed by atoms with van der Waals surface area (Å²) in [5, 5.41) is 0.627. The molecule has 96 valence electrons.